The van der Waals surface area contributed by atoms with Crippen LogP contribution in [-0.4, -0.2) is 23.3 Å². The van der Waals surface area contributed by atoms with Gasteiger partial charge < -0.3 is 4.74 Å². The molecule has 0 aliphatic heterocycles. The van der Waals surface area contributed by atoms with Gasteiger partial charge in [-0.3, -0.25) is 14.9 Å². The van der Waals surface area contributed by atoms with Crippen molar-refractivity contribution in [2.24, 2.45) is 5.92 Å². The standard InChI is InChI=1S/C17H21NO5/c1-12(2)5-4-6-13(3)16(19)11-23-17(20)14-7-9-15(10-8-14)18(21)22/h5,7-10,13H,4,6,11H2,1-3H3. The SMILES string of the molecule is CC(C)=CCCC(C)C(=O)COC(=O)c1ccc([N+](=O)[O-])cc1. The summed E-state index contributed by atoms with van der Waals surface area (Å²) in [7, 11) is 0. The van der Waals surface area contributed by atoms with Crippen LogP contribution in [-0.2, 0) is 9.53 Å². The Bertz CT molecular complexity index is 600. The van der Waals surface area contributed by atoms with E-state index in [9.17, 15) is 19.7 Å². The summed E-state index contributed by atoms with van der Waals surface area (Å²) in [6, 6.07) is 5.06. The molecular formula is C17H21NO5. The summed E-state index contributed by atoms with van der Waals surface area (Å²) < 4.78 is 4.97. The first kappa shape index (κ1) is 18.5. The number of Topliss-reactive ketones (excluding diaryl/α,β-unsaturated/α-hetero) is 1. The van der Waals surface area contributed by atoms with E-state index in [0.29, 0.717) is 6.42 Å². The molecule has 0 radical (unpaired) electrons. The Morgan fingerprint density at radius 1 is 1.26 bits per heavy atom. The van der Waals surface area contributed by atoms with E-state index in [1.54, 1.807) is 6.92 Å². The van der Waals surface area contributed by atoms with Gasteiger partial charge in [-0.25, -0.2) is 4.79 Å². The van der Waals surface area contributed by atoms with E-state index in [2.05, 4.69) is 6.08 Å². The highest BCUT2D eigenvalue weighted by Gasteiger charge is 2.16. The molecular weight excluding hydrogens is 298 g/mol. The molecule has 23 heavy (non-hydrogen) atoms. The van der Waals surface area contributed by atoms with Gasteiger partial charge in [0.1, 0.15) is 0 Å². The number of carbonyl (C=O) groups is 2. The number of ether oxygens (including phenoxy) is 1. The molecule has 1 unspecified atom stereocenters. The van der Waals surface area contributed by atoms with Gasteiger partial charge in [-0.1, -0.05) is 18.6 Å². The van der Waals surface area contributed by atoms with Crippen molar-refractivity contribution >= 4 is 17.4 Å². The van der Waals surface area contributed by atoms with Crippen molar-refractivity contribution in [3.63, 3.8) is 0 Å². The lowest BCUT2D eigenvalue weighted by Gasteiger charge is -2.10. The number of esters is 1. The predicted molar refractivity (Wildman–Crippen MR) is 86.2 cm³/mol. The Hall–Kier alpha value is -2.50. The summed E-state index contributed by atoms with van der Waals surface area (Å²) in [6.45, 7) is 5.52. The van der Waals surface area contributed by atoms with Gasteiger partial charge >= 0.3 is 5.97 Å². The highest BCUT2D eigenvalue weighted by Crippen LogP contribution is 2.13. The molecule has 1 atom stereocenters. The number of ketones is 1. The Morgan fingerprint density at radius 3 is 2.39 bits per heavy atom. The van der Waals surface area contributed by atoms with Crippen LogP contribution in [0.3, 0.4) is 0 Å². The van der Waals surface area contributed by atoms with Gasteiger partial charge in [-0.15, -0.1) is 0 Å². The van der Waals surface area contributed by atoms with Crippen LogP contribution in [0.15, 0.2) is 35.9 Å². The minimum absolute atomic E-state index is 0.106. The number of nitro benzene ring substituents is 1. The van der Waals surface area contributed by atoms with Crippen molar-refractivity contribution < 1.29 is 19.2 Å². The van der Waals surface area contributed by atoms with Crippen LogP contribution in [0.5, 0.6) is 0 Å². The maximum absolute atomic E-state index is 11.9. The fourth-order valence-electron chi connectivity index (χ4n) is 1.86. The molecule has 6 heteroatoms. The Morgan fingerprint density at radius 2 is 1.87 bits per heavy atom. The number of non-ortho nitro benzene ring substituents is 1. The molecule has 0 bridgehead atoms. The fourth-order valence-corrected chi connectivity index (χ4v) is 1.86. The van der Waals surface area contributed by atoms with Gasteiger partial charge in [-0.2, -0.15) is 0 Å². The number of benzene rings is 1. The van der Waals surface area contributed by atoms with E-state index in [1.807, 2.05) is 13.8 Å². The molecule has 124 valence electrons. The summed E-state index contributed by atoms with van der Waals surface area (Å²) in [5.41, 5.74) is 1.28. The summed E-state index contributed by atoms with van der Waals surface area (Å²) in [6.07, 6.45) is 3.58. The molecule has 0 saturated heterocycles. The predicted octanol–water partition coefficient (Wildman–Crippen LogP) is 3.70. The number of nitro groups is 1. The third-order valence-corrected chi connectivity index (χ3v) is 3.36. The summed E-state index contributed by atoms with van der Waals surface area (Å²) in [5, 5.41) is 10.5. The average Bonchev–Trinajstić information content (AvgIpc) is 2.51. The Labute approximate surface area is 135 Å². The third kappa shape index (κ3) is 6.42. The molecule has 0 heterocycles. The Kier molecular flexibility index (Phi) is 7.12. The van der Waals surface area contributed by atoms with E-state index in [4.69, 9.17) is 4.74 Å². The molecule has 1 rings (SSSR count). The van der Waals surface area contributed by atoms with E-state index in [-0.39, 0.29) is 29.6 Å². The summed E-state index contributed by atoms with van der Waals surface area (Å²) in [4.78, 5) is 33.7. The van der Waals surface area contributed by atoms with Crippen molar-refractivity contribution in [1.29, 1.82) is 0 Å². The lowest BCUT2D eigenvalue weighted by atomic mass is 10.0. The maximum atomic E-state index is 11.9. The molecule has 6 nitrogen and oxygen atoms in total. The van der Waals surface area contributed by atoms with Gasteiger partial charge in [0.15, 0.2) is 12.4 Å². The van der Waals surface area contributed by atoms with Gasteiger partial charge in [-0.05, 0) is 38.8 Å². The van der Waals surface area contributed by atoms with Crippen LogP contribution in [0, 0.1) is 16.0 Å². The van der Waals surface area contributed by atoms with Gasteiger partial charge in [0.2, 0.25) is 0 Å². The monoisotopic (exact) mass is 319 g/mol. The largest absolute Gasteiger partial charge is 0.454 e. The van der Waals surface area contributed by atoms with E-state index in [0.717, 1.165) is 6.42 Å². The van der Waals surface area contributed by atoms with Gasteiger partial charge in [0.05, 0.1) is 10.5 Å². The molecule has 1 aromatic rings. The molecule has 0 saturated carbocycles. The van der Waals surface area contributed by atoms with Crippen LogP contribution in [0.4, 0.5) is 5.69 Å². The van der Waals surface area contributed by atoms with Gasteiger partial charge in [0, 0.05) is 18.1 Å². The number of hydrogen-bond donors (Lipinski definition) is 0. The fraction of sp³-hybridized carbons (Fsp3) is 0.412. The molecule has 0 N–H and O–H groups in total. The third-order valence-electron chi connectivity index (χ3n) is 3.36. The van der Waals surface area contributed by atoms with Crippen LogP contribution >= 0.6 is 0 Å². The number of rotatable bonds is 8. The van der Waals surface area contributed by atoms with Gasteiger partial charge in [0.25, 0.3) is 5.69 Å². The molecule has 0 aliphatic carbocycles. The van der Waals surface area contributed by atoms with E-state index >= 15 is 0 Å². The molecule has 0 aromatic heterocycles. The number of allylic oxidation sites excluding steroid dienone is 2. The number of hydrogen-bond acceptors (Lipinski definition) is 5. The van der Waals surface area contributed by atoms with Crippen molar-refractivity contribution in [3.05, 3.63) is 51.6 Å². The zero-order valence-corrected chi connectivity index (χ0v) is 13.6. The molecule has 0 spiro atoms. The molecule has 0 fully saturated rings. The zero-order valence-electron chi connectivity index (χ0n) is 13.6. The number of nitrogens with zero attached hydrogens (tertiary/aromatic N) is 1. The smallest absolute Gasteiger partial charge is 0.338 e. The maximum Gasteiger partial charge on any atom is 0.338 e. The second-order valence-corrected chi connectivity index (χ2v) is 5.61. The normalized spacial score (nSPS) is 11.4. The van der Waals surface area contributed by atoms with Crippen LogP contribution in [0.1, 0.15) is 44.0 Å². The zero-order chi connectivity index (χ0) is 17.4. The van der Waals surface area contributed by atoms with Crippen LogP contribution in [0.2, 0.25) is 0 Å². The first-order valence-corrected chi connectivity index (χ1v) is 7.39. The van der Waals surface area contributed by atoms with Crippen molar-refractivity contribution in [3.8, 4) is 0 Å². The van der Waals surface area contributed by atoms with Crippen LogP contribution in [0.25, 0.3) is 0 Å². The van der Waals surface area contributed by atoms with Crippen molar-refractivity contribution in [2.75, 3.05) is 6.61 Å². The topological polar surface area (TPSA) is 86.5 Å². The highest BCUT2D eigenvalue weighted by molar-refractivity contribution is 5.92. The molecule has 0 amide bonds. The minimum atomic E-state index is -0.662. The summed E-state index contributed by atoms with van der Waals surface area (Å²) >= 11 is 0. The first-order chi connectivity index (χ1) is 10.8. The molecule has 1 aromatic carbocycles. The highest BCUT2D eigenvalue weighted by atomic mass is 16.6. The lowest BCUT2D eigenvalue weighted by molar-refractivity contribution is -0.384. The van der Waals surface area contributed by atoms with Crippen molar-refractivity contribution in [2.45, 2.75) is 33.6 Å². The van der Waals surface area contributed by atoms with E-state index in [1.165, 1.54) is 29.8 Å². The summed E-state index contributed by atoms with van der Waals surface area (Å²) in [5.74, 6) is -0.984. The van der Waals surface area contributed by atoms with Crippen molar-refractivity contribution in [1.82, 2.24) is 0 Å². The molecule has 0 aliphatic rings. The quantitative estimate of drug-likeness (QED) is 0.315. The second kappa shape index (κ2) is 8.82. The average molecular weight is 319 g/mol. The minimum Gasteiger partial charge on any atom is -0.454 e. The van der Waals surface area contributed by atoms with Crippen LogP contribution < -0.4 is 0 Å². The Balaban J connectivity index is 2.47. The van der Waals surface area contributed by atoms with E-state index < -0.39 is 10.9 Å². The lowest BCUT2D eigenvalue weighted by Crippen LogP contribution is -2.20. The second-order valence-electron chi connectivity index (χ2n) is 5.61. The first-order valence-electron chi connectivity index (χ1n) is 7.39. The number of carbonyl (C=O) groups excluding carboxylic acids is 2.